The van der Waals surface area contributed by atoms with Crippen molar-refractivity contribution in [3.63, 3.8) is 0 Å². The summed E-state index contributed by atoms with van der Waals surface area (Å²) in [6.07, 6.45) is 0. The van der Waals surface area contributed by atoms with Gasteiger partial charge in [-0.25, -0.2) is 0 Å². The zero-order valence-electron chi connectivity index (χ0n) is 59.8. The van der Waals surface area contributed by atoms with Crippen molar-refractivity contribution >= 4 is 122 Å². The summed E-state index contributed by atoms with van der Waals surface area (Å²) >= 11 is 0. The molecule has 0 unspecified atom stereocenters. The molecule has 0 amide bonds. The highest BCUT2D eigenvalue weighted by Gasteiger charge is 2.46. The zero-order chi connectivity index (χ0) is 70.4. The minimum absolute atomic E-state index is 0.213. The predicted octanol–water partition coefficient (Wildman–Crippen LogP) is 25.2. The molecule has 2 aliphatic heterocycles. The van der Waals surface area contributed by atoms with E-state index in [0.717, 1.165) is 123 Å². The maximum Gasteiger partial charge on any atom is 0.252 e. The lowest BCUT2D eigenvalue weighted by Gasteiger charge is -2.46. The van der Waals surface area contributed by atoms with Crippen LogP contribution in [0.3, 0.4) is 0 Å². The summed E-state index contributed by atoms with van der Waals surface area (Å²) in [6, 6.07) is 131. The molecular formula is C100H75BN4. The molecule has 0 atom stereocenters. The van der Waals surface area contributed by atoms with E-state index in [0.29, 0.717) is 0 Å². The maximum absolute atomic E-state index is 2.73. The fourth-order valence-corrected chi connectivity index (χ4v) is 17.5. The Kier molecular flexibility index (Phi) is 14.2. The van der Waals surface area contributed by atoms with Crippen LogP contribution < -0.4 is 26.2 Å². The van der Waals surface area contributed by atoms with Gasteiger partial charge < -0.3 is 18.9 Å². The van der Waals surface area contributed by atoms with E-state index in [1.54, 1.807) is 0 Å². The third kappa shape index (κ3) is 9.97. The molecule has 0 bridgehead atoms. The van der Waals surface area contributed by atoms with Crippen molar-refractivity contribution in [2.45, 2.75) is 52.4 Å². The smallest absolute Gasteiger partial charge is 0.252 e. The van der Waals surface area contributed by atoms with Crippen molar-refractivity contribution in [1.82, 2.24) is 9.13 Å². The van der Waals surface area contributed by atoms with E-state index in [2.05, 4.69) is 406 Å². The predicted molar refractivity (Wildman–Crippen MR) is 449 cm³/mol. The number of anilines is 6. The van der Waals surface area contributed by atoms with Gasteiger partial charge in [-0.05, 0) is 190 Å². The van der Waals surface area contributed by atoms with E-state index >= 15 is 0 Å². The third-order valence-electron chi connectivity index (χ3n) is 22.5. The quantitative estimate of drug-likeness (QED) is 0.106. The fraction of sp³-hybridized carbons (Fsp3) is 0.0800. The molecule has 0 aliphatic carbocycles. The minimum atomic E-state index is -0.277. The van der Waals surface area contributed by atoms with Crippen molar-refractivity contribution < 1.29 is 0 Å². The molecule has 2 aromatic heterocycles. The number of fused-ring (bicyclic) bond motifs is 12. The number of benzene rings is 16. The SMILES string of the molecule is CC(C)(C)c1cc(-c2ccccc2)c(N2c3cc(-n4c5ccccc5c5ccccc54)ccc3B3c4ccc(-n5c6ccccc6c6ccccc65)cc4N(c4c(-c5ccccc5)cc(C(C)(C)C)cc4-c4ccccc4)c4cc(-c5cccc6cc7ccccc7cc56)cc2c43)c(-c2ccccc2)c1. The Morgan fingerprint density at radius 2 is 0.571 bits per heavy atom. The molecular weight excluding hydrogens is 1270 g/mol. The highest BCUT2D eigenvalue weighted by Crippen LogP contribution is 2.56. The first-order chi connectivity index (χ1) is 51.4. The summed E-state index contributed by atoms with van der Waals surface area (Å²) in [5.74, 6) is 0. The number of hydrogen-bond acceptors (Lipinski definition) is 2. The van der Waals surface area contributed by atoms with Gasteiger partial charge in [-0.3, -0.25) is 0 Å². The van der Waals surface area contributed by atoms with Gasteiger partial charge in [0.2, 0.25) is 0 Å². The molecule has 498 valence electrons. The van der Waals surface area contributed by atoms with Gasteiger partial charge in [0.15, 0.2) is 0 Å². The first-order valence-electron chi connectivity index (χ1n) is 36.9. The van der Waals surface area contributed by atoms with Crippen LogP contribution in [-0.2, 0) is 10.8 Å². The molecule has 105 heavy (non-hydrogen) atoms. The van der Waals surface area contributed by atoms with E-state index < -0.39 is 0 Å². The van der Waals surface area contributed by atoms with Crippen molar-refractivity contribution in [3.05, 3.63) is 357 Å². The van der Waals surface area contributed by atoms with Crippen LogP contribution in [0.5, 0.6) is 0 Å². The molecule has 0 radical (unpaired) electrons. The number of para-hydroxylation sites is 4. The van der Waals surface area contributed by atoms with Crippen LogP contribution in [0, 0.1) is 0 Å². The molecule has 16 aromatic carbocycles. The minimum Gasteiger partial charge on any atom is -0.310 e. The van der Waals surface area contributed by atoms with Gasteiger partial charge in [0.25, 0.3) is 6.71 Å². The lowest BCUT2D eigenvalue weighted by molar-refractivity contribution is 0.590. The molecule has 0 spiro atoms. The second-order valence-corrected chi connectivity index (χ2v) is 30.8. The topological polar surface area (TPSA) is 16.3 Å². The first kappa shape index (κ1) is 62.1. The normalized spacial score (nSPS) is 12.8. The molecule has 0 fully saturated rings. The molecule has 0 N–H and O–H groups in total. The Morgan fingerprint density at radius 3 is 0.943 bits per heavy atom. The molecule has 4 heterocycles. The third-order valence-corrected chi connectivity index (χ3v) is 22.5. The molecule has 18 aromatic rings. The van der Waals surface area contributed by atoms with Crippen LogP contribution in [0.1, 0.15) is 52.7 Å². The standard InChI is InChI=1S/C100H75BN4/c1-99(2,3)72-58-82(64-30-11-7-12-31-64)97(83(59-72)65-32-13-8-14-33-65)104-92-62-74(102-88-46-25-21-41-77(88)78-42-22-26-47-89(78)102)50-52-86(92)101-87-53-51-75(103-90-48-27-23-43-79(90)80-44-24-28-49-91(80)103)63-93(87)105(98-84(66-34-15-9-16-35-66)60-73(100(4,5)6)61-85(98)67-36-17-10-18-37-67)95-57-71(56-94(104)96(95)101)76-45-29-40-70-54-68-38-19-20-39-69(68)55-81(70)76/h7-63H,1-6H3. The Hall–Kier alpha value is -12.7. The summed E-state index contributed by atoms with van der Waals surface area (Å²) in [7, 11) is 0. The molecule has 2 aliphatic rings. The number of hydrogen-bond donors (Lipinski definition) is 0. The molecule has 0 saturated heterocycles. The number of nitrogens with zero attached hydrogens (tertiary/aromatic N) is 4. The van der Waals surface area contributed by atoms with Crippen molar-refractivity contribution in [2.24, 2.45) is 0 Å². The molecule has 5 heteroatoms. The lowest BCUT2D eigenvalue weighted by Crippen LogP contribution is -2.61. The second kappa shape index (κ2) is 24.0. The van der Waals surface area contributed by atoms with Gasteiger partial charge in [0.05, 0.1) is 33.4 Å². The van der Waals surface area contributed by atoms with Crippen LogP contribution in [-0.4, -0.2) is 15.8 Å². The van der Waals surface area contributed by atoms with E-state index in [1.807, 2.05) is 0 Å². The summed E-state index contributed by atoms with van der Waals surface area (Å²) in [5.41, 5.74) is 30.8. The van der Waals surface area contributed by atoms with Gasteiger partial charge in [-0.15, -0.1) is 0 Å². The number of rotatable bonds is 9. The van der Waals surface area contributed by atoms with Crippen LogP contribution in [0.4, 0.5) is 34.1 Å². The fourth-order valence-electron chi connectivity index (χ4n) is 17.5. The second-order valence-electron chi connectivity index (χ2n) is 30.8. The molecule has 4 nitrogen and oxygen atoms in total. The van der Waals surface area contributed by atoms with Gasteiger partial charge in [0, 0.05) is 77.9 Å². The van der Waals surface area contributed by atoms with Crippen LogP contribution in [0.25, 0.3) is 132 Å². The average molecular weight is 1340 g/mol. The average Bonchev–Trinajstić information content (AvgIpc) is 1.56. The van der Waals surface area contributed by atoms with Crippen molar-refractivity contribution in [3.8, 4) is 67.0 Å². The highest BCUT2D eigenvalue weighted by molar-refractivity contribution is 7.00. The van der Waals surface area contributed by atoms with E-state index in [-0.39, 0.29) is 17.5 Å². The van der Waals surface area contributed by atoms with E-state index in [4.69, 9.17) is 0 Å². The zero-order valence-corrected chi connectivity index (χ0v) is 59.8. The van der Waals surface area contributed by atoms with Gasteiger partial charge in [0.1, 0.15) is 0 Å². The monoisotopic (exact) mass is 1340 g/mol. The molecule has 0 saturated carbocycles. The summed E-state index contributed by atoms with van der Waals surface area (Å²) < 4.78 is 5.01. The van der Waals surface area contributed by atoms with E-state index in [9.17, 15) is 0 Å². The summed E-state index contributed by atoms with van der Waals surface area (Å²) in [4.78, 5) is 5.47. The van der Waals surface area contributed by atoms with Gasteiger partial charge >= 0.3 is 0 Å². The lowest BCUT2D eigenvalue weighted by atomic mass is 9.33. The van der Waals surface area contributed by atoms with E-state index in [1.165, 1.54) is 70.6 Å². The first-order valence-corrected chi connectivity index (χ1v) is 36.9. The highest BCUT2D eigenvalue weighted by atomic mass is 15.2. The maximum atomic E-state index is 2.73. The van der Waals surface area contributed by atoms with Gasteiger partial charge in [-0.2, -0.15) is 0 Å². The van der Waals surface area contributed by atoms with Crippen LogP contribution >= 0.6 is 0 Å². The Bertz CT molecular complexity index is 5990. The summed E-state index contributed by atoms with van der Waals surface area (Å²) in [5, 5.41) is 9.70. The number of aromatic nitrogens is 2. The van der Waals surface area contributed by atoms with Gasteiger partial charge in [-0.1, -0.05) is 290 Å². The van der Waals surface area contributed by atoms with Crippen LogP contribution in [0.2, 0.25) is 0 Å². The Morgan fingerprint density at radius 1 is 0.238 bits per heavy atom. The van der Waals surface area contributed by atoms with Crippen LogP contribution in [0.15, 0.2) is 346 Å². The Balaban J connectivity index is 1.00. The Labute approximate surface area is 613 Å². The largest absolute Gasteiger partial charge is 0.310 e. The molecule has 20 rings (SSSR count). The summed E-state index contributed by atoms with van der Waals surface area (Å²) in [6.45, 7) is 13.9. The van der Waals surface area contributed by atoms with Crippen molar-refractivity contribution in [2.75, 3.05) is 9.80 Å². The van der Waals surface area contributed by atoms with Crippen molar-refractivity contribution in [1.29, 1.82) is 0 Å².